The number of carbonyl (C=O) groups is 2. The van der Waals surface area contributed by atoms with Crippen LogP contribution in [-0.2, 0) is 14.5 Å². The van der Waals surface area contributed by atoms with Gasteiger partial charge < -0.3 is 10.2 Å². The predicted molar refractivity (Wildman–Crippen MR) is 120 cm³/mol. The van der Waals surface area contributed by atoms with E-state index in [4.69, 9.17) is 4.94 Å². The molecule has 2 aromatic carbocycles. The van der Waals surface area contributed by atoms with Crippen molar-refractivity contribution in [3.8, 4) is 0 Å². The van der Waals surface area contributed by atoms with Gasteiger partial charge in [0.2, 0.25) is 0 Å². The highest BCUT2D eigenvalue weighted by Gasteiger charge is 2.38. The fourth-order valence-corrected chi connectivity index (χ4v) is 3.12. The van der Waals surface area contributed by atoms with Gasteiger partial charge in [0, 0.05) is 0 Å². The zero-order valence-electron chi connectivity index (χ0n) is 19.5. The van der Waals surface area contributed by atoms with Crippen LogP contribution in [0.2, 0.25) is 0 Å². The van der Waals surface area contributed by atoms with Crippen LogP contribution in [0, 0.1) is 27.7 Å². The summed E-state index contributed by atoms with van der Waals surface area (Å²) in [5.41, 5.74) is 0.647. The molecule has 0 unspecified atom stereocenters. The van der Waals surface area contributed by atoms with Gasteiger partial charge in [0.1, 0.15) is 11.2 Å². The SMILES string of the molecule is Cc1cc(C)cc(N(ON(C(=O)C(C)(C)O)c2cc(C)cc(C)c2)C(=O)C(C)(C)O)c1. The van der Waals surface area contributed by atoms with Crippen LogP contribution in [0.5, 0.6) is 0 Å². The number of aryl methyl sites for hydroxylation is 4. The number of nitrogens with zero attached hydrogens (tertiary/aromatic N) is 2. The summed E-state index contributed by atoms with van der Waals surface area (Å²) >= 11 is 0. The maximum absolute atomic E-state index is 13.1. The molecule has 0 atom stereocenters. The fraction of sp³-hybridized carbons (Fsp3) is 0.417. The number of carbonyl (C=O) groups excluding carboxylic acids is 2. The predicted octanol–water partition coefficient (Wildman–Crippen LogP) is 3.67. The van der Waals surface area contributed by atoms with Crippen LogP contribution < -0.4 is 10.1 Å². The molecule has 0 heterocycles. The van der Waals surface area contributed by atoms with E-state index in [0.717, 1.165) is 32.4 Å². The largest absolute Gasteiger partial charge is 0.381 e. The number of aliphatic hydroxyl groups is 2. The van der Waals surface area contributed by atoms with Crippen LogP contribution in [0.1, 0.15) is 49.9 Å². The molecule has 0 aliphatic rings. The van der Waals surface area contributed by atoms with E-state index in [-0.39, 0.29) is 0 Å². The third-order valence-electron chi connectivity index (χ3n) is 4.46. The Morgan fingerprint density at radius 2 is 0.903 bits per heavy atom. The van der Waals surface area contributed by atoms with E-state index in [2.05, 4.69) is 0 Å². The van der Waals surface area contributed by atoms with Gasteiger partial charge in [0.25, 0.3) is 11.8 Å². The van der Waals surface area contributed by atoms with Gasteiger partial charge in [-0.2, -0.15) is 10.1 Å². The molecule has 2 amide bonds. The lowest BCUT2D eigenvalue weighted by molar-refractivity contribution is -0.150. The Labute approximate surface area is 183 Å². The van der Waals surface area contributed by atoms with E-state index in [1.165, 1.54) is 27.7 Å². The summed E-state index contributed by atoms with van der Waals surface area (Å²) in [6.45, 7) is 12.8. The Balaban J connectivity index is 2.66. The second-order valence-corrected chi connectivity index (χ2v) is 9.09. The van der Waals surface area contributed by atoms with E-state index < -0.39 is 23.0 Å². The lowest BCUT2D eigenvalue weighted by Crippen LogP contribution is -2.53. The Morgan fingerprint density at radius 1 is 0.645 bits per heavy atom. The Bertz CT molecular complexity index is 866. The molecule has 0 bridgehead atoms. The molecule has 7 heteroatoms. The summed E-state index contributed by atoms with van der Waals surface area (Å²) in [5, 5.41) is 22.6. The molecule has 2 rings (SSSR count). The number of anilines is 2. The van der Waals surface area contributed by atoms with Crippen molar-refractivity contribution in [2.45, 2.75) is 66.6 Å². The number of amides is 2. The molecule has 0 fully saturated rings. The highest BCUT2D eigenvalue weighted by Crippen LogP contribution is 2.28. The maximum atomic E-state index is 13.1. The van der Waals surface area contributed by atoms with Crippen molar-refractivity contribution >= 4 is 23.2 Å². The van der Waals surface area contributed by atoms with Crippen LogP contribution in [0.25, 0.3) is 0 Å². The third-order valence-corrected chi connectivity index (χ3v) is 4.46. The minimum atomic E-state index is -1.77. The molecule has 31 heavy (non-hydrogen) atoms. The number of hydrogen-bond acceptors (Lipinski definition) is 5. The van der Waals surface area contributed by atoms with Gasteiger partial charge in [-0.3, -0.25) is 9.59 Å². The Kier molecular flexibility index (Phi) is 6.95. The molecule has 0 aliphatic carbocycles. The summed E-state index contributed by atoms with van der Waals surface area (Å²) in [5.74, 6) is -1.54. The zero-order valence-corrected chi connectivity index (χ0v) is 19.5. The van der Waals surface area contributed by atoms with E-state index in [0.29, 0.717) is 11.4 Å². The second-order valence-electron chi connectivity index (χ2n) is 9.09. The number of rotatable bonds is 6. The highest BCUT2D eigenvalue weighted by molar-refractivity contribution is 6.00. The number of benzene rings is 2. The standard InChI is InChI=1S/C24H32N2O5/c1-15-9-16(2)12-19(11-15)25(21(27)23(5,6)29)31-26(22(28)24(7,8)30)20-13-17(3)10-18(4)14-20/h9-14,29-30H,1-8H3. The first kappa shape index (κ1) is 24.5. The summed E-state index contributed by atoms with van der Waals surface area (Å²) in [6.07, 6.45) is 0. The first-order valence-electron chi connectivity index (χ1n) is 10.1. The van der Waals surface area contributed by atoms with Crippen molar-refractivity contribution in [2.24, 2.45) is 0 Å². The van der Waals surface area contributed by atoms with Crippen LogP contribution >= 0.6 is 0 Å². The summed E-state index contributed by atoms with van der Waals surface area (Å²) in [7, 11) is 0. The molecule has 0 spiro atoms. The third kappa shape index (κ3) is 6.13. The Morgan fingerprint density at radius 3 is 1.13 bits per heavy atom. The second kappa shape index (κ2) is 8.78. The minimum absolute atomic E-state index is 0.350. The average Bonchev–Trinajstić information content (AvgIpc) is 2.58. The van der Waals surface area contributed by atoms with Crippen molar-refractivity contribution in [1.82, 2.24) is 0 Å². The molecule has 2 N–H and O–H groups in total. The van der Waals surface area contributed by atoms with Gasteiger partial charge in [-0.1, -0.05) is 12.1 Å². The van der Waals surface area contributed by atoms with E-state index >= 15 is 0 Å². The van der Waals surface area contributed by atoms with Crippen LogP contribution in [-0.4, -0.2) is 33.2 Å². The van der Waals surface area contributed by atoms with Crippen LogP contribution in [0.3, 0.4) is 0 Å². The van der Waals surface area contributed by atoms with Gasteiger partial charge in [0.15, 0.2) is 0 Å². The van der Waals surface area contributed by atoms with Crippen molar-refractivity contribution in [2.75, 3.05) is 10.1 Å². The molecule has 0 saturated heterocycles. The average molecular weight is 429 g/mol. The van der Waals surface area contributed by atoms with Gasteiger partial charge in [-0.25, -0.2) is 0 Å². The highest BCUT2D eigenvalue weighted by atomic mass is 16.8. The van der Waals surface area contributed by atoms with Gasteiger partial charge in [-0.05, 0) is 102 Å². The molecule has 2 aromatic rings. The van der Waals surface area contributed by atoms with Crippen molar-refractivity contribution in [3.05, 3.63) is 58.7 Å². The molecule has 0 aromatic heterocycles. The lowest BCUT2D eigenvalue weighted by atomic mass is 10.1. The Hall–Kier alpha value is -2.74. The summed E-state index contributed by atoms with van der Waals surface area (Å²) < 4.78 is 0. The van der Waals surface area contributed by atoms with Gasteiger partial charge in [0.05, 0.1) is 11.4 Å². The monoisotopic (exact) mass is 428 g/mol. The van der Waals surface area contributed by atoms with E-state index in [1.807, 2.05) is 39.8 Å². The first-order valence-corrected chi connectivity index (χ1v) is 10.1. The number of hydroxylamine groups is 2. The van der Waals surface area contributed by atoms with Crippen LogP contribution in [0.15, 0.2) is 36.4 Å². The summed E-state index contributed by atoms with van der Waals surface area (Å²) in [4.78, 5) is 32.1. The van der Waals surface area contributed by atoms with Crippen molar-refractivity contribution < 1.29 is 24.7 Å². The first-order chi connectivity index (χ1) is 14.1. The zero-order chi connectivity index (χ0) is 23.7. The fourth-order valence-electron chi connectivity index (χ4n) is 3.12. The van der Waals surface area contributed by atoms with E-state index in [1.54, 1.807) is 24.3 Å². The van der Waals surface area contributed by atoms with Crippen molar-refractivity contribution in [3.63, 3.8) is 0 Å². The normalized spacial score (nSPS) is 11.9. The van der Waals surface area contributed by atoms with Gasteiger partial charge >= 0.3 is 0 Å². The molecule has 0 saturated carbocycles. The number of hydrogen-bond donors (Lipinski definition) is 2. The van der Waals surface area contributed by atoms with Crippen LogP contribution in [0.4, 0.5) is 11.4 Å². The molecule has 7 nitrogen and oxygen atoms in total. The van der Waals surface area contributed by atoms with E-state index in [9.17, 15) is 19.8 Å². The molecular weight excluding hydrogens is 396 g/mol. The minimum Gasteiger partial charge on any atom is -0.381 e. The molecule has 0 aliphatic heterocycles. The van der Waals surface area contributed by atoms with Crippen molar-refractivity contribution in [1.29, 1.82) is 0 Å². The molecule has 168 valence electrons. The van der Waals surface area contributed by atoms with Gasteiger partial charge in [-0.15, -0.1) is 4.94 Å². The molecular formula is C24H32N2O5. The smallest absolute Gasteiger partial charge is 0.284 e. The molecule has 0 radical (unpaired) electrons. The lowest BCUT2D eigenvalue weighted by Gasteiger charge is -2.34. The summed E-state index contributed by atoms with van der Waals surface area (Å²) in [6, 6.07) is 10.7. The quantitative estimate of drug-likeness (QED) is 0.685. The maximum Gasteiger partial charge on any atom is 0.284 e. The topological polar surface area (TPSA) is 90.3 Å².